The van der Waals surface area contributed by atoms with E-state index in [1.54, 1.807) is 6.20 Å². The number of imidazole rings is 1. The summed E-state index contributed by atoms with van der Waals surface area (Å²) in [5.74, 6) is 0.349. The van der Waals surface area contributed by atoms with Crippen molar-refractivity contribution in [3.05, 3.63) is 48.5 Å². The largest absolute Gasteiger partial charge is 0.343 e. The molecule has 2 saturated heterocycles. The molecule has 1 aromatic heterocycles. The summed E-state index contributed by atoms with van der Waals surface area (Å²) in [6, 6.07) is 9.39. The Labute approximate surface area is 155 Å². The van der Waals surface area contributed by atoms with E-state index in [1.165, 1.54) is 31.4 Å². The number of hydrogen-bond acceptors (Lipinski definition) is 3. The third-order valence-corrected chi connectivity index (χ3v) is 5.78. The summed E-state index contributed by atoms with van der Waals surface area (Å²) in [6.07, 6.45) is 12.4. The van der Waals surface area contributed by atoms with Crippen molar-refractivity contribution in [1.29, 1.82) is 0 Å². The van der Waals surface area contributed by atoms with Gasteiger partial charge in [0.05, 0.1) is 6.33 Å². The van der Waals surface area contributed by atoms with E-state index in [2.05, 4.69) is 39.0 Å². The molecule has 0 bridgehead atoms. The van der Waals surface area contributed by atoms with E-state index in [9.17, 15) is 4.79 Å². The van der Waals surface area contributed by atoms with Crippen LogP contribution in [0.25, 0.3) is 5.69 Å². The third-order valence-electron chi connectivity index (χ3n) is 5.78. The summed E-state index contributed by atoms with van der Waals surface area (Å²) < 4.78 is 2.03. The van der Waals surface area contributed by atoms with Crippen LogP contribution in [-0.2, 0) is 11.3 Å². The Morgan fingerprint density at radius 3 is 2.69 bits per heavy atom. The summed E-state index contributed by atoms with van der Waals surface area (Å²) in [5, 5.41) is 0. The number of amides is 1. The highest BCUT2D eigenvalue weighted by molar-refractivity contribution is 5.78. The molecule has 3 heterocycles. The van der Waals surface area contributed by atoms with Crippen LogP contribution in [0.15, 0.2) is 43.0 Å². The summed E-state index contributed by atoms with van der Waals surface area (Å²) in [5.41, 5.74) is 2.51. The van der Waals surface area contributed by atoms with Crippen LogP contribution in [0.3, 0.4) is 0 Å². The van der Waals surface area contributed by atoms with Gasteiger partial charge in [0, 0.05) is 50.2 Å². The van der Waals surface area contributed by atoms with Crippen molar-refractivity contribution in [2.75, 3.05) is 19.6 Å². The SMILES string of the molecule is O=C1CCCN1CC[C@@H]1CCCCN1Cc1ccc(-n2ccnc2)cc1. The quantitative estimate of drug-likeness (QED) is 0.801. The van der Waals surface area contributed by atoms with Crippen molar-refractivity contribution in [2.45, 2.75) is 51.1 Å². The van der Waals surface area contributed by atoms with Crippen LogP contribution in [0.4, 0.5) is 0 Å². The average molecular weight is 352 g/mol. The van der Waals surface area contributed by atoms with E-state index in [0.717, 1.165) is 44.6 Å². The van der Waals surface area contributed by atoms with E-state index in [0.29, 0.717) is 11.9 Å². The predicted octanol–water partition coefficient (Wildman–Crippen LogP) is 3.24. The van der Waals surface area contributed by atoms with Crippen molar-refractivity contribution in [2.24, 2.45) is 0 Å². The topological polar surface area (TPSA) is 41.4 Å². The van der Waals surface area contributed by atoms with Crippen molar-refractivity contribution in [3.8, 4) is 5.69 Å². The predicted molar refractivity (Wildman–Crippen MR) is 102 cm³/mol. The molecular weight excluding hydrogens is 324 g/mol. The highest BCUT2D eigenvalue weighted by Gasteiger charge is 2.25. The summed E-state index contributed by atoms with van der Waals surface area (Å²) in [4.78, 5) is 20.6. The maximum atomic E-state index is 11.9. The monoisotopic (exact) mass is 352 g/mol. The highest BCUT2D eigenvalue weighted by atomic mass is 16.2. The molecule has 1 aromatic carbocycles. The lowest BCUT2D eigenvalue weighted by Crippen LogP contribution is -2.41. The van der Waals surface area contributed by atoms with Gasteiger partial charge in [0.25, 0.3) is 0 Å². The second kappa shape index (κ2) is 8.04. The number of benzene rings is 1. The Bertz CT molecular complexity index is 710. The van der Waals surface area contributed by atoms with Crippen LogP contribution < -0.4 is 0 Å². The number of hydrogen-bond donors (Lipinski definition) is 0. The molecule has 0 spiro atoms. The second-order valence-corrected chi connectivity index (χ2v) is 7.53. The number of carbonyl (C=O) groups excluding carboxylic acids is 1. The molecule has 26 heavy (non-hydrogen) atoms. The van der Waals surface area contributed by atoms with Gasteiger partial charge in [0.1, 0.15) is 0 Å². The third kappa shape index (κ3) is 3.98. The Morgan fingerprint density at radius 2 is 1.96 bits per heavy atom. The molecule has 0 unspecified atom stereocenters. The number of likely N-dealkylation sites (tertiary alicyclic amines) is 2. The first-order chi connectivity index (χ1) is 12.8. The highest BCUT2D eigenvalue weighted by Crippen LogP contribution is 2.23. The molecule has 2 aliphatic heterocycles. The first kappa shape index (κ1) is 17.3. The average Bonchev–Trinajstić information content (AvgIpc) is 3.34. The lowest BCUT2D eigenvalue weighted by atomic mass is 9.98. The summed E-state index contributed by atoms with van der Waals surface area (Å²) in [6.45, 7) is 4.06. The van der Waals surface area contributed by atoms with Crippen LogP contribution in [0.1, 0.15) is 44.1 Å². The zero-order valence-electron chi connectivity index (χ0n) is 15.4. The Hall–Kier alpha value is -2.14. The molecule has 0 radical (unpaired) electrons. The lowest BCUT2D eigenvalue weighted by molar-refractivity contribution is -0.127. The van der Waals surface area contributed by atoms with Crippen LogP contribution >= 0.6 is 0 Å². The van der Waals surface area contributed by atoms with Gasteiger partial charge in [0.15, 0.2) is 0 Å². The molecule has 2 fully saturated rings. The van der Waals surface area contributed by atoms with Crippen molar-refractivity contribution < 1.29 is 4.79 Å². The fourth-order valence-electron chi connectivity index (χ4n) is 4.26. The van der Waals surface area contributed by atoms with Gasteiger partial charge in [-0.1, -0.05) is 18.6 Å². The fraction of sp³-hybridized carbons (Fsp3) is 0.524. The minimum absolute atomic E-state index is 0.349. The second-order valence-electron chi connectivity index (χ2n) is 7.53. The van der Waals surface area contributed by atoms with Gasteiger partial charge in [-0.05, 0) is 49.9 Å². The van der Waals surface area contributed by atoms with E-state index in [1.807, 2.05) is 17.1 Å². The van der Waals surface area contributed by atoms with Gasteiger partial charge >= 0.3 is 0 Å². The van der Waals surface area contributed by atoms with Crippen LogP contribution in [0, 0.1) is 0 Å². The van der Waals surface area contributed by atoms with E-state index in [-0.39, 0.29) is 0 Å². The number of nitrogens with zero attached hydrogens (tertiary/aromatic N) is 4. The molecule has 5 nitrogen and oxygen atoms in total. The van der Waals surface area contributed by atoms with Gasteiger partial charge in [-0.15, -0.1) is 0 Å². The zero-order valence-corrected chi connectivity index (χ0v) is 15.4. The first-order valence-electron chi connectivity index (χ1n) is 9.89. The molecule has 0 saturated carbocycles. The first-order valence-corrected chi connectivity index (χ1v) is 9.89. The molecule has 138 valence electrons. The summed E-state index contributed by atoms with van der Waals surface area (Å²) >= 11 is 0. The lowest BCUT2D eigenvalue weighted by Gasteiger charge is -2.36. The minimum Gasteiger partial charge on any atom is -0.343 e. The Morgan fingerprint density at radius 1 is 1.08 bits per heavy atom. The standard InChI is InChI=1S/C21H28N4O/c26-21-5-3-13-23(21)14-10-19-4-1-2-12-24(19)16-18-6-8-20(9-7-18)25-15-11-22-17-25/h6-9,11,15,17,19H,1-5,10,12-14,16H2/t19-/m0/s1. The van der Waals surface area contributed by atoms with Gasteiger partial charge in [-0.25, -0.2) is 4.98 Å². The molecule has 1 amide bonds. The molecule has 5 heteroatoms. The fourth-order valence-corrected chi connectivity index (χ4v) is 4.26. The maximum absolute atomic E-state index is 11.9. The van der Waals surface area contributed by atoms with E-state index >= 15 is 0 Å². The smallest absolute Gasteiger partial charge is 0.222 e. The molecule has 1 atom stereocenters. The van der Waals surface area contributed by atoms with Gasteiger partial charge in [-0.2, -0.15) is 0 Å². The van der Waals surface area contributed by atoms with Crippen molar-refractivity contribution in [3.63, 3.8) is 0 Å². The van der Waals surface area contributed by atoms with Crippen LogP contribution in [0.2, 0.25) is 0 Å². The molecule has 0 aliphatic carbocycles. The molecule has 4 rings (SSSR count). The minimum atomic E-state index is 0.349. The van der Waals surface area contributed by atoms with E-state index in [4.69, 9.17) is 0 Å². The number of carbonyl (C=O) groups is 1. The zero-order chi connectivity index (χ0) is 17.8. The van der Waals surface area contributed by atoms with E-state index < -0.39 is 0 Å². The van der Waals surface area contributed by atoms with Crippen LogP contribution in [-0.4, -0.2) is 50.9 Å². The molecule has 0 N–H and O–H groups in total. The Kier molecular flexibility index (Phi) is 5.34. The molecule has 2 aromatic rings. The maximum Gasteiger partial charge on any atom is 0.222 e. The number of aromatic nitrogens is 2. The number of rotatable bonds is 6. The summed E-state index contributed by atoms with van der Waals surface area (Å²) in [7, 11) is 0. The van der Waals surface area contributed by atoms with Gasteiger partial charge in [0.2, 0.25) is 5.91 Å². The normalized spacial score (nSPS) is 21.5. The van der Waals surface area contributed by atoms with Crippen molar-refractivity contribution in [1.82, 2.24) is 19.4 Å². The van der Waals surface area contributed by atoms with Gasteiger partial charge in [-0.3, -0.25) is 9.69 Å². The molecular formula is C21H28N4O. The molecule has 2 aliphatic rings. The van der Waals surface area contributed by atoms with Gasteiger partial charge < -0.3 is 9.47 Å². The number of piperidine rings is 1. The Balaban J connectivity index is 1.36. The van der Waals surface area contributed by atoms with Crippen LogP contribution in [0.5, 0.6) is 0 Å². The van der Waals surface area contributed by atoms with Crippen molar-refractivity contribution >= 4 is 5.91 Å².